The fourth-order valence-corrected chi connectivity index (χ4v) is 2.76. The number of hydrogen-bond donors (Lipinski definition) is 2. The maximum absolute atomic E-state index is 12.2. The molecule has 0 amide bonds. The van der Waals surface area contributed by atoms with Crippen LogP contribution in [0, 0.1) is 0 Å². The topological polar surface area (TPSA) is 102 Å². The van der Waals surface area contributed by atoms with Gasteiger partial charge in [-0.1, -0.05) is 30.3 Å². The molecule has 0 bridgehead atoms. The molecule has 2 N–H and O–H groups in total. The maximum Gasteiger partial charge on any atom is 0.229 e. The van der Waals surface area contributed by atoms with E-state index in [9.17, 15) is 18.3 Å². The van der Waals surface area contributed by atoms with E-state index in [0.717, 1.165) is 11.8 Å². The van der Waals surface area contributed by atoms with Crippen molar-refractivity contribution >= 4 is 21.5 Å². The number of aliphatic hydroxyl groups is 1. The quantitative estimate of drug-likeness (QED) is 0.511. The van der Waals surface area contributed by atoms with E-state index >= 15 is 0 Å². The molecule has 2 aromatic carbocycles. The molecule has 0 aliphatic carbocycles. The zero-order chi connectivity index (χ0) is 19.2. The van der Waals surface area contributed by atoms with Gasteiger partial charge in [0.25, 0.3) is 0 Å². The van der Waals surface area contributed by atoms with Crippen LogP contribution in [0.5, 0.6) is 5.75 Å². The second-order valence-corrected chi connectivity index (χ2v) is 7.28. The van der Waals surface area contributed by atoms with Gasteiger partial charge in [-0.2, -0.15) is 0 Å². The fraction of sp³-hybridized carbons (Fsp3) is 0.278. The van der Waals surface area contributed by atoms with Crippen molar-refractivity contribution in [1.82, 2.24) is 0 Å². The van der Waals surface area contributed by atoms with Gasteiger partial charge in [-0.15, -0.1) is 0 Å². The lowest BCUT2D eigenvalue weighted by molar-refractivity contribution is -0.0675. The van der Waals surface area contributed by atoms with Crippen molar-refractivity contribution in [3.8, 4) is 5.75 Å². The first-order valence-corrected chi connectivity index (χ1v) is 9.81. The summed E-state index contributed by atoms with van der Waals surface area (Å²) in [6.45, 7) is 2.04. The van der Waals surface area contributed by atoms with Crippen LogP contribution >= 0.6 is 0 Å². The van der Waals surface area contributed by atoms with E-state index < -0.39 is 22.1 Å². The predicted octanol–water partition coefficient (Wildman–Crippen LogP) is 2.17. The Bertz CT molecular complexity index is 851. The molecule has 0 heterocycles. The van der Waals surface area contributed by atoms with E-state index in [-0.39, 0.29) is 30.2 Å². The third kappa shape index (κ3) is 5.83. The smallest absolute Gasteiger partial charge is 0.229 e. The van der Waals surface area contributed by atoms with Crippen molar-refractivity contribution in [1.29, 1.82) is 0 Å². The molecule has 0 saturated heterocycles. The van der Waals surface area contributed by atoms with E-state index in [2.05, 4.69) is 4.72 Å². The summed E-state index contributed by atoms with van der Waals surface area (Å²) < 4.78 is 36.1. The highest BCUT2D eigenvalue weighted by Gasteiger charge is 2.20. The van der Waals surface area contributed by atoms with Crippen molar-refractivity contribution < 1.29 is 27.8 Å². The minimum Gasteiger partial charge on any atom is -0.487 e. The van der Waals surface area contributed by atoms with Crippen molar-refractivity contribution in [2.75, 3.05) is 17.6 Å². The lowest BCUT2D eigenvalue weighted by Crippen LogP contribution is -2.24. The number of aliphatic hydroxyl groups excluding tert-OH is 1. The van der Waals surface area contributed by atoms with E-state index in [0.29, 0.717) is 0 Å². The number of rotatable bonds is 9. The molecule has 7 nitrogen and oxygen atoms in total. The first-order chi connectivity index (χ1) is 12.3. The first-order valence-electron chi connectivity index (χ1n) is 7.92. The zero-order valence-electron chi connectivity index (χ0n) is 14.5. The van der Waals surface area contributed by atoms with Crippen LogP contribution in [0.15, 0.2) is 48.5 Å². The second kappa shape index (κ2) is 8.79. The molecule has 140 valence electrons. The molecule has 0 radical (unpaired) electrons. The van der Waals surface area contributed by atoms with E-state index in [1.54, 1.807) is 6.92 Å². The van der Waals surface area contributed by atoms with Crippen molar-refractivity contribution in [2.24, 2.45) is 0 Å². The van der Waals surface area contributed by atoms with Crippen LogP contribution in [0.25, 0.3) is 0 Å². The Hall–Kier alpha value is -2.42. The Balaban J connectivity index is 2.27. The van der Waals surface area contributed by atoms with E-state index in [4.69, 9.17) is 9.47 Å². The molecule has 26 heavy (non-hydrogen) atoms. The van der Waals surface area contributed by atoms with Gasteiger partial charge >= 0.3 is 0 Å². The maximum atomic E-state index is 12.2. The number of Topliss-reactive ketones (excluding diaryl/α,β-unsaturated/α-hetero) is 1. The molecule has 0 aliphatic heterocycles. The van der Waals surface area contributed by atoms with E-state index in [1.165, 1.54) is 18.2 Å². The lowest BCUT2D eigenvalue weighted by Gasteiger charge is -2.15. The monoisotopic (exact) mass is 379 g/mol. The number of carbonyl (C=O) groups is 1. The Labute approximate surface area is 152 Å². The van der Waals surface area contributed by atoms with Crippen LogP contribution in [0.4, 0.5) is 5.69 Å². The molecule has 2 aromatic rings. The minimum atomic E-state index is -3.59. The number of hydrogen-bond acceptors (Lipinski definition) is 6. The van der Waals surface area contributed by atoms with Gasteiger partial charge in [-0.05, 0) is 30.7 Å². The molecule has 1 atom stereocenters. The zero-order valence-corrected chi connectivity index (χ0v) is 15.3. The molecule has 0 fully saturated rings. The fourth-order valence-electron chi connectivity index (χ4n) is 2.20. The number of benzene rings is 2. The van der Waals surface area contributed by atoms with Gasteiger partial charge in [0, 0.05) is 12.2 Å². The molecular formula is C18H21NO6S. The second-order valence-electron chi connectivity index (χ2n) is 5.53. The molecular weight excluding hydrogens is 358 g/mol. The summed E-state index contributed by atoms with van der Waals surface area (Å²) in [4.78, 5) is 12.2. The molecule has 0 aromatic heterocycles. The number of sulfonamides is 1. The molecule has 0 unspecified atom stereocenters. The Morgan fingerprint density at radius 3 is 2.50 bits per heavy atom. The third-order valence-electron chi connectivity index (χ3n) is 3.35. The summed E-state index contributed by atoms with van der Waals surface area (Å²) in [5.74, 6) is -0.403. The predicted molar refractivity (Wildman–Crippen MR) is 97.6 cm³/mol. The number of ketones is 1. The SMILES string of the molecule is CCO[C@@H](O)C(=O)c1ccc(OCc2ccccc2)c(NS(C)(=O)=O)c1. The Morgan fingerprint density at radius 2 is 1.88 bits per heavy atom. The van der Waals surface area contributed by atoms with Crippen molar-refractivity contribution in [3.63, 3.8) is 0 Å². The largest absolute Gasteiger partial charge is 0.487 e. The van der Waals surface area contributed by atoms with Crippen molar-refractivity contribution in [3.05, 3.63) is 59.7 Å². The van der Waals surface area contributed by atoms with Gasteiger partial charge in [0.15, 0.2) is 0 Å². The van der Waals surface area contributed by atoms with Crippen molar-refractivity contribution in [2.45, 2.75) is 19.8 Å². The van der Waals surface area contributed by atoms with Crippen LogP contribution in [-0.2, 0) is 21.4 Å². The highest BCUT2D eigenvalue weighted by atomic mass is 32.2. The van der Waals surface area contributed by atoms with Crippen LogP contribution in [-0.4, -0.2) is 38.5 Å². The normalized spacial score (nSPS) is 12.4. The van der Waals surface area contributed by atoms with E-state index in [1.807, 2.05) is 30.3 Å². The minimum absolute atomic E-state index is 0.101. The molecule has 8 heteroatoms. The lowest BCUT2D eigenvalue weighted by atomic mass is 10.1. The van der Waals surface area contributed by atoms with Gasteiger partial charge in [-0.25, -0.2) is 8.42 Å². The molecule has 2 rings (SSSR count). The number of carbonyl (C=O) groups excluding carboxylic acids is 1. The van der Waals surface area contributed by atoms with Crippen LogP contribution in [0.1, 0.15) is 22.8 Å². The third-order valence-corrected chi connectivity index (χ3v) is 3.94. The van der Waals surface area contributed by atoms with Gasteiger partial charge in [0.05, 0.1) is 11.9 Å². The summed E-state index contributed by atoms with van der Waals surface area (Å²) >= 11 is 0. The van der Waals surface area contributed by atoms with Gasteiger partial charge in [0.2, 0.25) is 22.1 Å². The molecule has 0 saturated carbocycles. The number of nitrogens with one attached hydrogen (secondary N) is 1. The van der Waals surface area contributed by atoms with Gasteiger partial charge < -0.3 is 14.6 Å². The Morgan fingerprint density at radius 1 is 1.19 bits per heavy atom. The molecule has 0 aliphatic rings. The summed E-state index contributed by atoms with van der Waals surface area (Å²) in [6, 6.07) is 13.6. The van der Waals surface area contributed by atoms with Crippen LogP contribution in [0.2, 0.25) is 0 Å². The van der Waals surface area contributed by atoms with Gasteiger partial charge in [0.1, 0.15) is 12.4 Å². The standard InChI is InChI=1S/C18H21NO6S/c1-3-24-18(21)17(20)14-9-10-16(15(11-14)19-26(2,22)23)25-12-13-7-5-4-6-8-13/h4-11,18-19,21H,3,12H2,1-2H3/t18-/m1/s1. The first kappa shape index (κ1) is 19.9. The van der Waals surface area contributed by atoms with Crippen LogP contribution in [0.3, 0.4) is 0 Å². The van der Waals surface area contributed by atoms with Gasteiger partial charge in [-0.3, -0.25) is 9.52 Å². The Kier molecular flexibility index (Phi) is 6.73. The summed E-state index contributed by atoms with van der Waals surface area (Å²) in [5.41, 5.74) is 1.12. The highest BCUT2D eigenvalue weighted by molar-refractivity contribution is 7.92. The molecule has 0 spiro atoms. The summed E-state index contributed by atoms with van der Waals surface area (Å²) in [5, 5.41) is 9.67. The summed E-state index contributed by atoms with van der Waals surface area (Å²) in [6.07, 6.45) is -0.612. The number of anilines is 1. The number of ether oxygens (including phenoxy) is 2. The average molecular weight is 379 g/mol. The average Bonchev–Trinajstić information content (AvgIpc) is 2.59. The summed E-state index contributed by atoms with van der Waals surface area (Å²) in [7, 11) is -3.59. The highest BCUT2D eigenvalue weighted by Crippen LogP contribution is 2.28. The van der Waals surface area contributed by atoms with Crippen LogP contribution < -0.4 is 9.46 Å².